The topological polar surface area (TPSA) is 29.3 Å². The maximum atomic E-state index is 5.80. The molecule has 1 aliphatic heterocycles. The van der Waals surface area contributed by atoms with Gasteiger partial charge in [-0.1, -0.05) is 0 Å². The van der Waals surface area contributed by atoms with E-state index in [1.165, 1.54) is 30.8 Å². The van der Waals surface area contributed by atoms with Crippen LogP contribution in [0, 0.1) is 0 Å². The lowest BCUT2D eigenvalue weighted by Gasteiger charge is -2.13. The molecule has 0 radical (unpaired) electrons. The van der Waals surface area contributed by atoms with Crippen LogP contribution in [0.15, 0.2) is 11.4 Å². The molecule has 2 nitrogen and oxygen atoms in total. The minimum absolute atomic E-state index is 0.965. The predicted octanol–water partition coefficient (Wildman–Crippen LogP) is 1.93. The van der Waals surface area contributed by atoms with Crippen LogP contribution in [0.4, 0.5) is 5.69 Å². The van der Waals surface area contributed by atoms with Crippen molar-refractivity contribution in [1.82, 2.24) is 4.90 Å². The maximum Gasteiger partial charge on any atom is 0.0468 e. The second-order valence-corrected chi connectivity index (χ2v) is 4.28. The molecular formula is C9H14N2S. The van der Waals surface area contributed by atoms with E-state index in [1.807, 2.05) is 6.07 Å². The third-order valence-electron chi connectivity index (χ3n) is 2.35. The van der Waals surface area contributed by atoms with Crippen molar-refractivity contribution in [2.24, 2.45) is 0 Å². The average molecular weight is 182 g/mol. The van der Waals surface area contributed by atoms with E-state index in [-0.39, 0.29) is 0 Å². The number of nitrogen functional groups attached to an aromatic ring is 1. The van der Waals surface area contributed by atoms with Crippen LogP contribution in [-0.2, 0) is 6.54 Å². The molecule has 3 heteroatoms. The van der Waals surface area contributed by atoms with Crippen molar-refractivity contribution in [3.63, 3.8) is 0 Å². The molecular weight excluding hydrogens is 168 g/mol. The van der Waals surface area contributed by atoms with Crippen molar-refractivity contribution in [1.29, 1.82) is 0 Å². The zero-order valence-electron chi connectivity index (χ0n) is 7.12. The van der Waals surface area contributed by atoms with Gasteiger partial charge in [-0.15, -0.1) is 11.3 Å². The lowest BCUT2D eigenvalue weighted by Crippen LogP contribution is -2.18. The molecule has 12 heavy (non-hydrogen) atoms. The molecule has 0 unspecified atom stereocenters. The molecule has 2 N–H and O–H groups in total. The fourth-order valence-electron chi connectivity index (χ4n) is 1.62. The largest absolute Gasteiger partial charge is 0.398 e. The Labute approximate surface area is 77.0 Å². The van der Waals surface area contributed by atoms with E-state index >= 15 is 0 Å². The Morgan fingerprint density at radius 1 is 1.42 bits per heavy atom. The van der Waals surface area contributed by atoms with Gasteiger partial charge in [-0.05, 0) is 37.4 Å². The lowest BCUT2D eigenvalue weighted by atomic mass is 10.4. The summed E-state index contributed by atoms with van der Waals surface area (Å²) in [5.41, 5.74) is 6.77. The number of likely N-dealkylation sites (tertiary alicyclic amines) is 1. The van der Waals surface area contributed by atoms with Gasteiger partial charge in [0.25, 0.3) is 0 Å². The van der Waals surface area contributed by atoms with Crippen LogP contribution in [0.25, 0.3) is 0 Å². The van der Waals surface area contributed by atoms with Crippen LogP contribution < -0.4 is 5.73 Å². The first-order valence-corrected chi connectivity index (χ1v) is 5.28. The molecule has 1 saturated heterocycles. The van der Waals surface area contributed by atoms with Crippen LogP contribution in [0.2, 0.25) is 0 Å². The summed E-state index contributed by atoms with van der Waals surface area (Å²) in [5.74, 6) is 0. The fourth-order valence-corrected chi connectivity index (χ4v) is 2.46. The van der Waals surface area contributed by atoms with Gasteiger partial charge in [-0.25, -0.2) is 0 Å². The normalized spacial score (nSPS) is 18.7. The molecule has 0 aromatic carbocycles. The minimum Gasteiger partial charge on any atom is -0.398 e. The third-order valence-corrected chi connectivity index (χ3v) is 3.27. The molecule has 1 fully saturated rings. The minimum atomic E-state index is 0.965. The second kappa shape index (κ2) is 3.46. The highest BCUT2D eigenvalue weighted by Crippen LogP contribution is 2.22. The molecule has 2 heterocycles. The number of rotatable bonds is 2. The SMILES string of the molecule is Nc1ccsc1CN1CCCC1. The molecule has 2 rings (SSSR count). The highest BCUT2D eigenvalue weighted by atomic mass is 32.1. The van der Waals surface area contributed by atoms with Crippen molar-refractivity contribution in [2.75, 3.05) is 18.8 Å². The standard InChI is InChI=1S/C9H14N2S/c10-8-3-6-12-9(8)7-11-4-1-2-5-11/h3,6H,1-2,4-5,7,10H2. The van der Waals surface area contributed by atoms with Crippen LogP contribution in [-0.4, -0.2) is 18.0 Å². The first kappa shape index (κ1) is 8.08. The molecule has 0 saturated carbocycles. The van der Waals surface area contributed by atoms with Gasteiger partial charge in [-0.3, -0.25) is 4.90 Å². The number of nitrogens with zero attached hydrogens (tertiary/aromatic N) is 1. The van der Waals surface area contributed by atoms with Gasteiger partial charge in [0.2, 0.25) is 0 Å². The molecule has 0 bridgehead atoms. The molecule has 0 atom stereocenters. The Morgan fingerprint density at radius 3 is 2.75 bits per heavy atom. The summed E-state index contributed by atoms with van der Waals surface area (Å²) in [6, 6.07) is 2.00. The first-order valence-electron chi connectivity index (χ1n) is 4.40. The fraction of sp³-hybridized carbons (Fsp3) is 0.556. The van der Waals surface area contributed by atoms with E-state index < -0.39 is 0 Å². The lowest BCUT2D eigenvalue weighted by molar-refractivity contribution is 0.335. The molecule has 0 amide bonds. The highest BCUT2D eigenvalue weighted by molar-refractivity contribution is 7.10. The number of hydrogen-bond acceptors (Lipinski definition) is 3. The Balaban J connectivity index is 1.98. The zero-order chi connectivity index (χ0) is 8.39. The van der Waals surface area contributed by atoms with Crippen LogP contribution >= 0.6 is 11.3 Å². The van der Waals surface area contributed by atoms with E-state index in [2.05, 4.69) is 10.3 Å². The molecule has 0 spiro atoms. The molecule has 66 valence electrons. The van der Waals surface area contributed by atoms with Crippen molar-refractivity contribution in [3.8, 4) is 0 Å². The number of hydrogen-bond donors (Lipinski definition) is 1. The summed E-state index contributed by atoms with van der Waals surface area (Å²) in [6.45, 7) is 3.55. The Kier molecular flexibility index (Phi) is 2.33. The van der Waals surface area contributed by atoms with E-state index in [0.717, 1.165) is 12.2 Å². The maximum absolute atomic E-state index is 5.80. The quantitative estimate of drug-likeness (QED) is 0.757. The molecule has 1 aliphatic rings. The number of nitrogens with two attached hydrogens (primary N) is 1. The Bertz CT molecular complexity index is 251. The van der Waals surface area contributed by atoms with Crippen LogP contribution in [0.3, 0.4) is 0 Å². The zero-order valence-corrected chi connectivity index (χ0v) is 7.94. The second-order valence-electron chi connectivity index (χ2n) is 3.28. The molecule has 1 aromatic rings. The number of thiophene rings is 1. The van der Waals surface area contributed by atoms with Crippen LogP contribution in [0.1, 0.15) is 17.7 Å². The smallest absolute Gasteiger partial charge is 0.0468 e. The van der Waals surface area contributed by atoms with Crippen molar-refractivity contribution >= 4 is 17.0 Å². The van der Waals surface area contributed by atoms with Gasteiger partial charge < -0.3 is 5.73 Å². The predicted molar refractivity (Wildman–Crippen MR) is 53.2 cm³/mol. The Hall–Kier alpha value is -0.540. The van der Waals surface area contributed by atoms with Crippen molar-refractivity contribution in [2.45, 2.75) is 19.4 Å². The van der Waals surface area contributed by atoms with Gasteiger partial charge in [0.1, 0.15) is 0 Å². The van der Waals surface area contributed by atoms with E-state index in [0.29, 0.717) is 0 Å². The van der Waals surface area contributed by atoms with Crippen molar-refractivity contribution in [3.05, 3.63) is 16.3 Å². The average Bonchev–Trinajstić information content (AvgIpc) is 2.65. The monoisotopic (exact) mass is 182 g/mol. The summed E-state index contributed by atoms with van der Waals surface area (Å²) in [5, 5.41) is 2.07. The van der Waals surface area contributed by atoms with Crippen molar-refractivity contribution < 1.29 is 0 Å². The first-order chi connectivity index (χ1) is 5.86. The summed E-state index contributed by atoms with van der Waals surface area (Å²) in [7, 11) is 0. The molecule has 1 aromatic heterocycles. The third kappa shape index (κ3) is 1.62. The molecule has 0 aliphatic carbocycles. The Morgan fingerprint density at radius 2 is 2.17 bits per heavy atom. The van der Waals surface area contributed by atoms with E-state index in [1.54, 1.807) is 11.3 Å². The van der Waals surface area contributed by atoms with E-state index in [4.69, 9.17) is 5.73 Å². The number of anilines is 1. The van der Waals surface area contributed by atoms with Crippen LogP contribution in [0.5, 0.6) is 0 Å². The van der Waals surface area contributed by atoms with Gasteiger partial charge in [0, 0.05) is 17.1 Å². The van der Waals surface area contributed by atoms with Gasteiger partial charge in [0.15, 0.2) is 0 Å². The van der Waals surface area contributed by atoms with Gasteiger partial charge >= 0.3 is 0 Å². The summed E-state index contributed by atoms with van der Waals surface area (Å²) in [6.07, 6.45) is 2.70. The summed E-state index contributed by atoms with van der Waals surface area (Å²) < 4.78 is 0. The van der Waals surface area contributed by atoms with Gasteiger partial charge in [-0.2, -0.15) is 0 Å². The summed E-state index contributed by atoms with van der Waals surface area (Å²) >= 11 is 1.77. The highest BCUT2D eigenvalue weighted by Gasteiger charge is 2.13. The van der Waals surface area contributed by atoms with Gasteiger partial charge in [0.05, 0.1) is 0 Å². The summed E-state index contributed by atoms with van der Waals surface area (Å²) in [4.78, 5) is 3.80. The van der Waals surface area contributed by atoms with E-state index in [9.17, 15) is 0 Å².